The van der Waals surface area contributed by atoms with Gasteiger partial charge in [-0.3, -0.25) is 9.48 Å². The number of aromatic nitrogens is 3. The molecule has 2 aliphatic heterocycles. The Bertz CT molecular complexity index is 1610. The minimum atomic E-state index is -3.80. The minimum Gasteiger partial charge on any atom is -0.387 e. The van der Waals surface area contributed by atoms with Crippen LogP contribution in [0, 0.1) is 0 Å². The van der Waals surface area contributed by atoms with Crippen LogP contribution >= 0.6 is 22.9 Å². The summed E-state index contributed by atoms with van der Waals surface area (Å²) in [6.07, 6.45) is -4.39. The molecule has 1 aromatic carbocycles. The summed E-state index contributed by atoms with van der Waals surface area (Å²) >= 11 is 7.76. The predicted octanol–water partition coefficient (Wildman–Crippen LogP) is 5.48. The Hall–Kier alpha value is -3.24. The number of hydrogen-bond acceptors (Lipinski definition) is 9. The summed E-state index contributed by atoms with van der Waals surface area (Å²) in [5.41, 5.74) is -0.00983. The number of carbonyl (C=O) groups excluding carboxylic acids is 1. The van der Waals surface area contributed by atoms with Gasteiger partial charge in [-0.05, 0) is 31.0 Å². The van der Waals surface area contributed by atoms with Crippen LogP contribution in [0.2, 0.25) is 5.02 Å². The maximum absolute atomic E-state index is 13.3. The molecule has 0 spiro atoms. The molecule has 1 atom stereocenters. The molecule has 1 unspecified atom stereocenters. The molecule has 1 fully saturated rings. The molecular weight excluding hydrogens is 626 g/mol. The number of nitrogens with zero attached hydrogens (tertiary/aromatic N) is 5. The molecule has 3 aromatic rings. The van der Waals surface area contributed by atoms with Gasteiger partial charge < -0.3 is 13.9 Å². The fourth-order valence-corrected chi connectivity index (χ4v) is 6.58. The number of alkyl halides is 4. The van der Waals surface area contributed by atoms with Crippen molar-refractivity contribution in [3.8, 4) is 5.75 Å². The Kier molecular flexibility index (Phi) is 8.76. The maximum Gasteiger partial charge on any atom is 0.306 e. The van der Waals surface area contributed by atoms with Gasteiger partial charge in [0, 0.05) is 30.8 Å². The lowest BCUT2D eigenvalue weighted by Crippen LogP contribution is -2.40. The van der Waals surface area contributed by atoms with E-state index in [0.29, 0.717) is 53.6 Å². The molecule has 10 nitrogen and oxygen atoms in total. The molecular formula is C25H24ClF4N5O5S2. The third-order valence-electron chi connectivity index (χ3n) is 6.82. The number of likely N-dealkylation sites (tertiary alicyclic amines) is 1. The van der Waals surface area contributed by atoms with Crippen LogP contribution in [0.15, 0.2) is 34.8 Å². The number of hydrogen-bond donors (Lipinski definition) is 0. The van der Waals surface area contributed by atoms with Gasteiger partial charge in [-0.2, -0.15) is 13.5 Å². The molecule has 17 heteroatoms. The van der Waals surface area contributed by atoms with Gasteiger partial charge in [-0.25, -0.2) is 22.5 Å². The minimum absolute atomic E-state index is 0.0385. The van der Waals surface area contributed by atoms with Crippen LogP contribution < -0.4 is 4.18 Å². The van der Waals surface area contributed by atoms with E-state index in [1.165, 1.54) is 22.3 Å². The molecule has 0 radical (unpaired) electrons. The first kappa shape index (κ1) is 30.2. The Morgan fingerprint density at radius 3 is 2.62 bits per heavy atom. The van der Waals surface area contributed by atoms with Crippen molar-refractivity contribution < 1.29 is 39.8 Å². The summed E-state index contributed by atoms with van der Waals surface area (Å²) in [7, 11) is -3.80. The van der Waals surface area contributed by atoms with Crippen molar-refractivity contribution in [1.82, 2.24) is 19.7 Å². The average Bonchev–Trinajstić information content (AvgIpc) is 3.68. The first-order chi connectivity index (χ1) is 19.9. The summed E-state index contributed by atoms with van der Waals surface area (Å²) < 4.78 is 81.5. The van der Waals surface area contributed by atoms with Crippen LogP contribution in [0.25, 0.3) is 0 Å². The van der Waals surface area contributed by atoms with Crippen molar-refractivity contribution in [3.05, 3.63) is 62.3 Å². The third-order valence-corrected chi connectivity index (χ3v) is 8.64. The van der Waals surface area contributed by atoms with Crippen LogP contribution in [-0.2, 0) is 26.3 Å². The number of carbonyl (C=O) groups is 1. The molecule has 0 saturated carbocycles. The number of thiazole rings is 1. The van der Waals surface area contributed by atoms with Crippen molar-refractivity contribution in [2.45, 2.75) is 50.7 Å². The molecule has 1 amide bonds. The lowest BCUT2D eigenvalue weighted by atomic mass is 9.97. The zero-order valence-electron chi connectivity index (χ0n) is 21.9. The lowest BCUT2D eigenvalue weighted by Gasteiger charge is -2.31. The van der Waals surface area contributed by atoms with E-state index in [-0.39, 0.29) is 23.1 Å². The summed E-state index contributed by atoms with van der Waals surface area (Å²) in [4.78, 5) is 24.5. The van der Waals surface area contributed by atoms with Gasteiger partial charge in [0.25, 0.3) is 12.9 Å². The normalized spacial score (nSPS) is 18.0. The molecule has 0 N–H and O–H groups in total. The van der Waals surface area contributed by atoms with Crippen LogP contribution in [0.1, 0.15) is 71.8 Å². The summed E-state index contributed by atoms with van der Waals surface area (Å²) in [5, 5.41) is 10.6. The first-order valence-corrected chi connectivity index (χ1v) is 15.7. The zero-order valence-corrected chi connectivity index (χ0v) is 24.3. The quantitative estimate of drug-likeness (QED) is 0.223. The van der Waals surface area contributed by atoms with Crippen molar-refractivity contribution >= 4 is 44.7 Å². The SMILES string of the molecule is CS(=O)(=O)Oc1cccc(Cl)c1C1CC(c2csc(C3CCN(C(=O)Cn4nc(C(F)F)cc4C(F)F)CC3)n2)=NO1. The van der Waals surface area contributed by atoms with Gasteiger partial charge in [0.2, 0.25) is 5.91 Å². The Morgan fingerprint density at radius 1 is 1.21 bits per heavy atom. The highest BCUT2D eigenvalue weighted by molar-refractivity contribution is 7.86. The smallest absolute Gasteiger partial charge is 0.306 e. The van der Waals surface area contributed by atoms with Crippen molar-refractivity contribution in [2.24, 2.45) is 5.16 Å². The largest absolute Gasteiger partial charge is 0.387 e. The van der Waals surface area contributed by atoms with Crippen molar-refractivity contribution in [3.63, 3.8) is 0 Å². The Labute approximate surface area is 247 Å². The predicted molar refractivity (Wildman–Crippen MR) is 145 cm³/mol. The molecule has 2 aliphatic rings. The Balaban J connectivity index is 1.19. The fraction of sp³-hybridized carbons (Fsp3) is 0.440. The first-order valence-electron chi connectivity index (χ1n) is 12.7. The van der Waals surface area contributed by atoms with Gasteiger partial charge in [0.1, 0.15) is 23.6 Å². The van der Waals surface area contributed by atoms with Gasteiger partial charge in [-0.1, -0.05) is 22.8 Å². The highest BCUT2D eigenvalue weighted by Crippen LogP contribution is 2.40. The average molecular weight is 650 g/mol. The second-order valence-electron chi connectivity index (χ2n) is 9.75. The number of benzene rings is 1. The monoisotopic (exact) mass is 649 g/mol. The molecule has 0 bridgehead atoms. The molecule has 4 heterocycles. The Morgan fingerprint density at radius 2 is 1.95 bits per heavy atom. The van der Waals surface area contributed by atoms with Crippen molar-refractivity contribution in [1.29, 1.82) is 0 Å². The number of rotatable bonds is 9. The summed E-state index contributed by atoms with van der Waals surface area (Å²) in [5.74, 6) is -0.392. The highest BCUT2D eigenvalue weighted by Gasteiger charge is 2.32. The van der Waals surface area contributed by atoms with Crippen LogP contribution in [0.5, 0.6) is 5.75 Å². The van der Waals surface area contributed by atoms with E-state index < -0.39 is 52.9 Å². The molecule has 42 heavy (non-hydrogen) atoms. The van der Waals surface area contributed by atoms with Gasteiger partial charge in [-0.15, -0.1) is 11.3 Å². The van der Waals surface area contributed by atoms with Crippen molar-refractivity contribution in [2.75, 3.05) is 19.3 Å². The van der Waals surface area contributed by atoms with Gasteiger partial charge in [0.15, 0.2) is 11.9 Å². The zero-order chi connectivity index (χ0) is 30.2. The molecule has 5 rings (SSSR count). The standard InChI is InChI=1S/C25H24ClF4N5O5S2/c1-42(37,38)40-19-4-2-3-14(26)22(19)20-10-15(33-39-20)17-12-41-25(31-17)13-5-7-34(8-6-13)21(36)11-35-18(24(29)30)9-16(32-35)23(27)28/h2-4,9,12-13,20,23-24H,5-8,10-11H2,1H3. The second-order valence-corrected chi connectivity index (χ2v) is 12.6. The van der Waals surface area contributed by atoms with E-state index in [1.807, 2.05) is 5.38 Å². The van der Waals surface area contributed by atoms with Crippen LogP contribution in [0.3, 0.4) is 0 Å². The molecule has 2 aromatic heterocycles. The number of amides is 1. The molecule has 226 valence electrons. The van der Waals surface area contributed by atoms with E-state index >= 15 is 0 Å². The number of oxime groups is 1. The van der Waals surface area contributed by atoms with Gasteiger partial charge in [0.05, 0.1) is 27.5 Å². The third kappa shape index (κ3) is 6.70. The van der Waals surface area contributed by atoms with E-state index in [0.717, 1.165) is 11.3 Å². The lowest BCUT2D eigenvalue weighted by molar-refractivity contribution is -0.133. The number of halogens is 5. The van der Waals surface area contributed by atoms with E-state index in [2.05, 4.69) is 10.3 Å². The van der Waals surface area contributed by atoms with E-state index in [9.17, 15) is 30.8 Å². The summed E-state index contributed by atoms with van der Waals surface area (Å²) in [6, 6.07) is 5.26. The fourth-order valence-electron chi connectivity index (χ4n) is 4.82. The van der Waals surface area contributed by atoms with Gasteiger partial charge >= 0.3 is 10.1 Å². The highest BCUT2D eigenvalue weighted by atomic mass is 35.5. The van der Waals surface area contributed by atoms with Crippen LogP contribution in [0.4, 0.5) is 17.6 Å². The second kappa shape index (κ2) is 12.2. The molecule has 1 saturated heterocycles. The maximum atomic E-state index is 13.3. The van der Waals surface area contributed by atoms with E-state index in [1.54, 1.807) is 12.1 Å². The van der Waals surface area contributed by atoms with E-state index in [4.69, 9.17) is 25.6 Å². The molecule has 0 aliphatic carbocycles. The van der Waals surface area contributed by atoms with Crippen LogP contribution in [-0.4, -0.2) is 59.0 Å². The summed E-state index contributed by atoms with van der Waals surface area (Å²) in [6.45, 7) is 0.127. The number of piperidine rings is 1. The topological polar surface area (TPSA) is 116 Å².